The zero-order chi connectivity index (χ0) is 15.1. The van der Waals surface area contributed by atoms with E-state index in [9.17, 15) is 14.7 Å². The lowest BCUT2D eigenvalue weighted by molar-refractivity contribution is -0.304. The number of benzene rings is 1. The van der Waals surface area contributed by atoms with Gasteiger partial charge in [0.15, 0.2) is 0 Å². The van der Waals surface area contributed by atoms with Gasteiger partial charge in [-0.3, -0.25) is 0 Å². The fraction of sp³-hybridized carbons (Fsp3) is 0.333. The standard InChI is InChI=1S/C15H17BrO4/c1-3-12(10-5-7-11(16)8-6-10)13(9-14(17)18)15(19)20-4-2/h5-8H,3-4,9H2,1-2H3,(H,17,18)/p-1. The summed E-state index contributed by atoms with van der Waals surface area (Å²) in [5.74, 6) is -1.90. The van der Waals surface area contributed by atoms with Crippen LogP contribution in [0, 0.1) is 0 Å². The van der Waals surface area contributed by atoms with Crippen molar-refractivity contribution in [2.45, 2.75) is 26.7 Å². The second kappa shape index (κ2) is 7.85. The number of aliphatic carboxylic acids is 1. The lowest BCUT2D eigenvalue weighted by Crippen LogP contribution is -2.25. The summed E-state index contributed by atoms with van der Waals surface area (Å²) in [7, 11) is 0. The van der Waals surface area contributed by atoms with Gasteiger partial charge in [-0.2, -0.15) is 0 Å². The number of carbonyl (C=O) groups excluding carboxylic acids is 2. The van der Waals surface area contributed by atoms with Crippen LogP contribution in [0.5, 0.6) is 0 Å². The molecule has 1 rings (SSSR count). The van der Waals surface area contributed by atoms with Crippen molar-refractivity contribution >= 4 is 33.4 Å². The zero-order valence-electron chi connectivity index (χ0n) is 11.4. The van der Waals surface area contributed by atoms with Crippen LogP contribution < -0.4 is 5.11 Å². The quantitative estimate of drug-likeness (QED) is 0.589. The van der Waals surface area contributed by atoms with E-state index in [1.54, 1.807) is 6.92 Å². The summed E-state index contributed by atoms with van der Waals surface area (Å²) in [5, 5.41) is 10.9. The molecular formula is C15H16BrO4-. The van der Waals surface area contributed by atoms with Crippen LogP contribution in [0.2, 0.25) is 0 Å². The number of carboxylic acids is 1. The first-order valence-electron chi connectivity index (χ1n) is 6.34. The molecule has 0 N–H and O–H groups in total. The first kappa shape index (κ1) is 16.4. The molecule has 0 atom stereocenters. The minimum absolute atomic E-state index is 0.150. The molecule has 0 radical (unpaired) electrons. The minimum Gasteiger partial charge on any atom is -0.550 e. The third-order valence-corrected chi connectivity index (χ3v) is 3.28. The second-order valence-electron chi connectivity index (χ2n) is 4.09. The predicted molar refractivity (Wildman–Crippen MR) is 77.6 cm³/mol. The van der Waals surface area contributed by atoms with Crippen molar-refractivity contribution in [3.63, 3.8) is 0 Å². The number of allylic oxidation sites excluding steroid dienone is 1. The maximum Gasteiger partial charge on any atom is 0.334 e. The van der Waals surface area contributed by atoms with Gasteiger partial charge in [0.25, 0.3) is 0 Å². The highest BCUT2D eigenvalue weighted by Crippen LogP contribution is 2.26. The van der Waals surface area contributed by atoms with Gasteiger partial charge >= 0.3 is 5.97 Å². The van der Waals surface area contributed by atoms with E-state index < -0.39 is 18.4 Å². The van der Waals surface area contributed by atoms with Gasteiger partial charge in [0, 0.05) is 22.4 Å². The Morgan fingerprint density at radius 2 is 1.80 bits per heavy atom. The highest BCUT2D eigenvalue weighted by molar-refractivity contribution is 9.10. The van der Waals surface area contributed by atoms with Crippen molar-refractivity contribution in [3.05, 3.63) is 39.9 Å². The minimum atomic E-state index is -1.30. The molecule has 1 aromatic carbocycles. The van der Waals surface area contributed by atoms with E-state index in [1.807, 2.05) is 31.2 Å². The molecule has 0 aliphatic heterocycles. The van der Waals surface area contributed by atoms with E-state index in [0.717, 1.165) is 10.0 Å². The fourth-order valence-electron chi connectivity index (χ4n) is 1.91. The summed E-state index contributed by atoms with van der Waals surface area (Å²) in [6.07, 6.45) is 0.0845. The van der Waals surface area contributed by atoms with Crippen LogP contribution in [0.25, 0.3) is 5.57 Å². The number of esters is 1. The van der Waals surface area contributed by atoms with Gasteiger partial charge in [0.1, 0.15) is 0 Å². The van der Waals surface area contributed by atoms with Crippen molar-refractivity contribution in [1.29, 1.82) is 0 Å². The Hall–Kier alpha value is -1.62. The SMILES string of the molecule is CCOC(=O)C(CC(=O)[O-])=C(CC)c1ccc(Br)cc1. The molecular weight excluding hydrogens is 324 g/mol. The molecule has 1 aromatic rings. The molecule has 20 heavy (non-hydrogen) atoms. The number of rotatable bonds is 6. The van der Waals surface area contributed by atoms with Gasteiger partial charge in [-0.25, -0.2) is 4.79 Å². The van der Waals surface area contributed by atoms with Gasteiger partial charge in [0.05, 0.1) is 6.61 Å². The van der Waals surface area contributed by atoms with Crippen LogP contribution in [0.1, 0.15) is 32.3 Å². The van der Waals surface area contributed by atoms with Crippen molar-refractivity contribution in [1.82, 2.24) is 0 Å². The molecule has 0 spiro atoms. The first-order valence-corrected chi connectivity index (χ1v) is 7.13. The Kier molecular flexibility index (Phi) is 6.45. The largest absolute Gasteiger partial charge is 0.550 e. The van der Waals surface area contributed by atoms with Crippen LogP contribution in [0.4, 0.5) is 0 Å². The van der Waals surface area contributed by atoms with Gasteiger partial charge in [0.2, 0.25) is 0 Å². The summed E-state index contributed by atoms with van der Waals surface area (Å²) in [6.45, 7) is 3.75. The van der Waals surface area contributed by atoms with E-state index in [2.05, 4.69) is 15.9 Å². The number of halogens is 1. The maximum absolute atomic E-state index is 11.9. The molecule has 108 valence electrons. The van der Waals surface area contributed by atoms with Gasteiger partial charge in [-0.1, -0.05) is 35.0 Å². The number of carboxylic acid groups (broad SMARTS) is 1. The molecule has 5 heteroatoms. The Morgan fingerprint density at radius 3 is 2.25 bits per heavy atom. The molecule has 0 aliphatic rings. The lowest BCUT2D eigenvalue weighted by atomic mass is 9.95. The van der Waals surface area contributed by atoms with Crippen molar-refractivity contribution in [2.24, 2.45) is 0 Å². The van der Waals surface area contributed by atoms with Crippen LogP contribution in [-0.4, -0.2) is 18.5 Å². The third kappa shape index (κ3) is 4.49. The number of ether oxygens (including phenoxy) is 1. The first-order chi connectivity index (χ1) is 9.49. The summed E-state index contributed by atoms with van der Waals surface area (Å²) in [6, 6.07) is 7.34. The molecule has 0 heterocycles. The summed E-state index contributed by atoms with van der Waals surface area (Å²) < 4.78 is 5.85. The number of hydrogen-bond donors (Lipinski definition) is 0. The third-order valence-electron chi connectivity index (χ3n) is 2.75. The van der Waals surface area contributed by atoms with E-state index >= 15 is 0 Å². The molecule has 0 unspecified atom stereocenters. The highest BCUT2D eigenvalue weighted by atomic mass is 79.9. The second-order valence-corrected chi connectivity index (χ2v) is 5.00. The van der Waals surface area contributed by atoms with Crippen molar-refractivity contribution in [2.75, 3.05) is 6.61 Å². The van der Waals surface area contributed by atoms with E-state index in [-0.39, 0.29) is 12.2 Å². The van der Waals surface area contributed by atoms with Crippen molar-refractivity contribution in [3.8, 4) is 0 Å². The maximum atomic E-state index is 11.9. The van der Waals surface area contributed by atoms with Gasteiger partial charge in [-0.15, -0.1) is 0 Å². The molecule has 0 amide bonds. The van der Waals surface area contributed by atoms with E-state index in [1.165, 1.54) is 0 Å². The summed E-state index contributed by atoms with van der Waals surface area (Å²) in [4.78, 5) is 22.8. The zero-order valence-corrected chi connectivity index (χ0v) is 13.0. The molecule has 0 aliphatic carbocycles. The highest BCUT2D eigenvalue weighted by Gasteiger charge is 2.17. The average molecular weight is 340 g/mol. The summed E-state index contributed by atoms with van der Waals surface area (Å²) >= 11 is 3.34. The van der Waals surface area contributed by atoms with E-state index in [4.69, 9.17) is 4.74 Å². The molecule has 0 saturated carbocycles. The van der Waals surface area contributed by atoms with Gasteiger partial charge in [-0.05, 0) is 36.6 Å². The molecule has 4 nitrogen and oxygen atoms in total. The Morgan fingerprint density at radius 1 is 1.20 bits per heavy atom. The molecule has 0 aromatic heterocycles. The summed E-state index contributed by atoms with van der Waals surface area (Å²) in [5.41, 5.74) is 1.62. The fourth-order valence-corrected chi connectivity index (χ4v) is 2.17. The Labute approximate surface area is 126 Å². The molecule has 0 saturated heterocycles. The number of hydrogen-bond acceptors (Lipinski definition) is 4. The van der Waals surface area contributed by atoms with Crippen LogP contribution >= 0.6 is 15.9 Å². The topological polar surface area (TPSA) is 66.4 Å². The smallest absolute Gasteiger partial charge is 0.334 e. The van der Waals surface area contributed by atoms with Crippen molar-refractivity contribution < 1.29 is 19.4 Å². The van der Waals surface area contributed by atoms with Crippen LogP contribution in [-0.2, 0) is 14.3 Å². The average Bonchev–Trinajstić information content (AvgIpc) is 2.40. The Bertz CT molecular complexity index is 517. The lowest BCUT2D eigenvalue weighted by Gasteiger charge is -2.14. The Balaban J connectivity index is 3.29. The number of carbonyl (C=O) groups is 2. The monoisotopic (exact) mass is 339 g/mol. The predicted octanol–water partition coefficient (Wildman–Crippen LogP) is 2.32. The van der Waals surface area contributed by atoms with Crippen LogP contribution in [0.15, 0.2) is 34.3 Å². The molecule has 0 fully saturated rings. The molecule has 0 bridgehead atoms. The van der Waals surface area contributed by atoms with E-state index in [0.29, 0.717) is 12.0 Å². The normalized spacial score (nSPS) is 11.8. The van der Waals surface area contributed by atoms with Crippen LogP contribution in [0.3, 0.4) is 0 Å². The van der Waals surface area contributed by atoms with Gasteiger partial charge < -0.3 is 14.6 Å².